The SMILES string of the molecule is CC(C)CC(=O)SCCOP(=O)(OCCSC(=O)CC(C)C)[C@@H](F)c1ccc2sc(C(=O)N[C@H]3CCCC[C@H]4CC[C@@H](C(=O)N5C[C@@H](C#N)[C@H](c6cc[nH]c(=O)c6)C5)N4C3=O)cc2c1. The van der Waals surface area contributed by atoms with Crippen molar-refractivity contribution in [2.24, 2.45) is 17.8 Å². The van der Waals surface area contributed by atoms with Crippen LogP contribution in [-0.4, -0.2) is 98.7 Å². The maximum Gasteiger partial charge on any atom is 0.369 e. The number of halogens is 1. The number of aromatic amines is 1. The lowest BCUT2D eigenvalue weighted by atomic mass is 9.91. The van der Waals surface area contributed by atoms with E-state index in [1.165, 1.54) is 24.4 Å². The van der Waals surface area contributed by atoms with Gasteiger partial charge in [-0.25, -0.2) is 4.39 Å². The monoisotopic (exact) mass is 957 g/mol. The molecule has 0 bridgehead atoms. The van der Waals surface area contributed by atoms with Crippen molar-refractivity contribution in [2.45, 2.75) is 109 Å². The Hall–Kier alpha value is -3.85. The number of alkyl halides is 1. The van der Waals surface area contributed by atoms with Gasteiger partial charge in [-0.2, -0.15) is 5.26 Å². The van der Waals surface area contributed by atoms with Gasteiger partial charge < -0.3 is 29.1 Å². The quantitative estimate of drug-likeness (QED) is 0.0918. The Morgan fingerprint density at radius 2 is 1.61 bits per heavy atom. The molecular formula is C45H57FN5O9PS3. The summed E-state index contributed by atoms with van der Waals surface area (Å²) in [7, 11) is -4.48. The van der Waals surface area contributed by atoms with Gasteiger partial charge in [0, 0.05) is 66.4 Å². The zero-order chi connectivity index (χ0) is 46.1. The minimum absolute atomic E-state index is 0.00138. The van der Waals surface area contributed by atoms with Gasteiger partial charge >= 0.3 is 7.60 Å². The normalized spacial score (nSPS) is 22.0. The van der Waals surface area contributed by atoms with E-state index in [0.717, 1.165) is 47.7 Å². The molecule has 6 atom stereocenters. The number of thiophene rings is 1. The topological polar surface area (TPSA) is 196 Å². The molecule has 6 rings (SSSR count). The zero-order valence-corrected chi connectivity index (χ0v) is 40.0. The van der Waals surface area contributed by atoms with Gasteiger partial charge in [-0.3, -0.25) is 33.3 Å². The highest BCUT2D eigenvalue weighted by molar-refractivity contribution is 8.13. The van der Waals surface area contributed by atoms with Crippen LogP contribution in [0, 0.1) is 29.1 Å². The molecule has 64 heavy (non-hydrogen) atoms. The van der Waals surface area contributed by atoms with E-state index >= 15 is 4.39 Å². The molecule has 3 fully saturated rings. The highest BCUT2D eigenvalue weighted by Gasteiger charge is 2.47. The number of nitrogens with zero attached hydrogens (tertiary/aromatic N) is 3. The van der Waals surface area contributed by atoms with Gasteiger partial charge in [0.25, 0.3) is 5.91 Å². The van der Waals surface area contributed by atoms with Crippen LogP contribution in [0.1, 0.15) is 112 Å². The number of pyridine rings is 1. The fraction of sp³-hybridized carbons (Fsp3) is 0.578. The summed E-state index contributed by atoms with van der Waals surface area (Å²) in [6.07, 6.45) is 5.97. The largest absolute Gasteiger partial charge is 0.369 e. The van der Waals surface area contributed by atoms with E-state index in [1.807, 2.05) is 27.7 Å². The summed E-state index contributed by atoms with van der Waals surface area (Å²) in [5.41, 5.74) is 0.391. The van der Waals surface area contributed by atoms with Crippen LogP contribution in [0.5, 0.6) is 0 Å². The summed E-state index contributed by atoms with van der Waals surface area (Å²) in [4.78, 5) is 85.1. The van der Waals surface area contributed by atoms with Crippen LogP contribution >= 0.6 is 42.5 Å². The van der Waals surface area contributed by atoms with E-state index in [2.05, 4.69) is 16.4 Å². The minimum atomic E-state index is -4.48. The smallest absolute Gasteiger partial charge is 0.340 e. The van der Waals surface area contributed by atoms with Gasteiger partial charge in [-0.05, 0) is 78.3 Å². The molecule has 0 unspecified atom stereocenters. The lowest BCUT2D eigenvalue weighted by Crippen LogP contribution is -2.56. The van der Waals surface area contributed by atoms with Crippen LogP contribution in [0.15, 0.2) is 47.4 Å². The minimum Gasteiger partial charge on any atom is -0.340 e. The molecule has 3 saturated heterocycles. The Kier molecular flexibility index (Phi) is 17.5. The van der Waals surface area contributed by atoms with E-state index in [4.69, 9.17) is 9.05 Å². The molecule has 0 radical (unpaired) electrons. The Morgan fingerprint density at radius 3 is 2.25 bits per heavy atom. The van der Waals surface area contributed by atoms with Crippen molar-refractivity contribution in [2.75, 3.05) is 37.8 Å². The van der Waals surface area contributed by atoms with E-state index in [1.54, 1.807) is 28.0 Å². The average molecular weight is 958 g/mol. The molecule has 19 heteroatoms. The molecule has 5 heterocycles. The number of rotatable bonds is 18. The Morgan fingerprint density at radius 1 is 0.938 bits per heavy atom. The van der Waals surface area contributed by atoms with Crippen LogP contribution in [0.2, 0.25) is 0 Å². The molecule has 14 nitrogen and oxygen atoms in total. The van der Waals surface area contributed by atoms with Gasteiger partial charge in [0.2, 0.25) is 23.3 Å². The van der Waals surface area contributed by atoms with Gasteiger partial charge in [-0.1, -0.05) is 70.1 Å². The molecule has 0 spiro atoms. The highest BCUT2D eigenvalue weighted by atomic mass is 32.2. The van der Waals surface area contributed by atoms with E-state index < -0.39 is 37.4 Å². The van der Waals surface area contributed by atoms with Crippen LogP contribution in [0.4, 0.5) is 4.39 Å². The first kappa shape index (κ1) is 49.6. The van der Waals surface area contributed by atoms with Crippen molar-refractivity contribution in [1.82, 2.24) is 20.1 Å². The number of hydrogen-bond donors (Lipinski definition) is 2. The maximum absolute atomic E-state index is 16.4. The number of carbonyl (C=O) groups excluding carboxylic acids is 5. The zero-order valence-electron chi connectivity index (χ0n) is 36.6. The van der Waals surface area contributed by atoms with Gasteiger partial charge in [0.1, 0.15) is 12.1 Å². The van der Waals surface area contributed by atoms with Gasteiger partial charge in [0.15, 0.2) is 10.2 Å². The fourth-order valence-electron chi connectivity index (χ4n) is 8.59. The molecule has 0 aliphatic carbocycles. The number of H-pyrrole nitrogens is 1. The molecule has 3 aliphatic heterocycles. The third kappa shape index (κ3) is 12.5. The van der Waals surface area contributed by atoms with E-state index in [9.17, 15) is 38.6 Å². The first-order chi connectivity index (χ1) is 30.6. The highest BCUT2D eigenvalue weighted by Crippen LogP contribution is 2.62. The van der Waals surface area contributed by atoms with Crippen molar-refractivity contribution in [1.29, 1.82) is 5.26 Å². The third-order valence-corrected chi connectivity index (χ3v) is 16.4. The number of likely N-dealkylation sites (tertiary alicyclic amines) is 1. The van der Waals surface area contributed by atoms with Crippen LogP contribution in [0.25, 0.3) is 10.1 Å². The molecule has 3 aliphatic rings. The number of nitriles is 1. The summed E-state index contributed by atoms with van der Waals surface area (Å²) in [6, 6.07) is 9.82. The molecule has 3 aromatic rings. The first-order valence-electron chi connectivity index (χ1n) is 21.9. The summed E-state index contributed by atoms with van der Waals surface area (Å²) in [5.74, 6) is -3.52. The molecule has 1 aromatic carbocycles. The van der Waals surface area contributed by atoms with Gasteiger partial charge in [0.05, 0.1) is 30.1 Å². The average Bonchev–Trinajstić information content (AvgIpc) is 4.00. The number of aromatic nitrogens is 1. The molecule has 346 valence electrons. The number of nitrogens with one attached hydrogen (secondary N) is 2. The summed E-state index contributed by atoms with van der Waals surface area (Å²) in [5, 5.41) is 13.3. The second-order valence-electron chi connectivity index (χ2n) is 17.5. The molecule has 0 saturated carbocycles. The number of fused-ring (bicyclic) bond motifs is 2. The number of amides is 3. The Balaban J connectivity index is 1.13. The Bertz CT molecular complexity index is 2300. The van der Waals surface area contributed by atoms with Crippen LogP contribution in [0.3, 0.4) is 0 Å². The number of carbonyl (C=O) groups is 5. The summed E-state index contributed by atoms with van der Waals surface area (Å²) < 4.78 is 42.4. The number of benzene rings is 1. The number of hydrogen-bond acceptors (Lipinski definition) is 13. The predicted octanol–water partition coefficient (Wildman–Crippen LogP) is 8.19. The summed E-state index contributed by atoms with van der Waals surface area (Å²) >= 11 is 3.19. The molecule has 3 amide bonds. The van der Waals surface area contributed by atoms with E-state index in [-0.39, 0.29) is 99.6 Å². The van der Waals surface area contributed by atoms with Crippen molar-refractivity contribution >= 4 is 80.5 Å². The predicted molar refractivity (Wildman–Crippen MR) is 248 cm³/mol. The number of thioether (sulfide) groups is 2. The lowest BCUT2D eigenvalue weighted by molar-refractivity contribution is -0.146. The van der Waals surface area contributed by atoms with Crippen molar-refractivity contribution in [3.05, 3.63) is 69.0 Å². The second-order valence-corrected chi connectivity index (χ2v) is 22.9. The lowest BCUT2D eigenvalue weighted by Gasteiger charge is -2.36. The maximum atomic E-state index is 16.4. The first-order valence-corrected chi connectivity index (χ1v) is 26.3. The molecule has 2 N–H and O–H groups in total. The van der Waals surface area contributed by atoms with E-state index in [0.29, 0.717) is 54.2 Å². The third-order valence-electron chi connectivity index (χ3n) is 11.7. The van der Waals surface area contributed by atoms with Crippen LogP contribution in [-0.2, 0) is 32.8 Å². The Labute approximate surface area is 385 Å². The molecular weight excluding hydrogens is 901 g/mol. The fourth-order valence-corrected chi connectivity index (χ4v) is 13.0. The van der Waals surface area contributed by atoms with Gasteiger partial charge in [-0.15, -0.1) is 11.3 Å². The van der Waals surface area contributed by atoms with Crippen molar-refractivity contribution in [3.63, 3.8) is 0 Å². The van der Waals surface area contributed by atoms with Crippen LogP contribution < -0.4 is 10.9 Å². The van der Waals surface area contributed by atoms with Crippen molar-refractivity contribution < 1.29 is 42.0 Å². The molecule has 2 aromatic heterocycles. The second kappa shape index (κ2) is 22.6. The van der Waals surface area contributed by atoms with Crippen molar-refractivity contribution in [3.8, 4) is 6.07 Å². The standard InChI is InChI=1S/C45H57FN5O9PS3/c1-27(2)19-40(53)62-17-15-59-61(58,60-16-18-63-41(54)20-28(3)4)42(46)30-9-12-37-31(21-30)22-38(64-37)43(55)49-35-8-6-5-7-33-10-11-36(51(33)44(35)56)45(57)50-25-32(24-47)34(26-50)29-13-14-48-39(52)23-29/h9,12-14,21-23,27-28,32-36,42H,5-8,10-11,15-20,25-26H2,1-4H3,(H,48,52)(H,49,55)/t32-,33+,34+,35+,36+,42-/m1/s1. The summed E-state index contributed by atoms with van der Waals surface area (Å²) in [6.45, 7) is 7.72.